The van der Waals surface area contributed by atoms with Gasteiger partial charge in [-0.05, 0) is 18.9 Å². The van der Waals surface area contributed by atoms with E-state index in [0.717, 1.165) is 22.9 Å². The van der Waals surface area contributed by atoms with E-state index < -0.39 is 5.69 Å². The Balaban J connectivity index is 2.00. The molecule has 0 atom stereocenters. The van der Waals surface area contributed by atoms with Crippen molar-refractivity contribution in [3.63, 3.8) is 0 Å². The highest BCUT2D eigenvalue weighted by Crippen LogP contribution is 2.24. The third kappa shape index (κ3) is 4.35. The van der Waals surface area contributed by atoms with Crippen LogP contribution in [0.5, 0.6) is 0 Å². The normalized spacial score (nSPS) is 11.4. The second-order valence-corrected chi connectivity index (χ2v) is 7.93. The minimum Gasteiger partial charge on any atom is -0.309 e. The van der Waals surface area contributed by atoms with E-state index in [-0.39, 0.29) is 5.56 Å². The number of thioether (sulfide) groups is 1. The summed E-state index contributed by atoms with van der Waals surface area (Å²) in [4.78, 5) is 31.5. The summed E-state index contributed by atoms with van der Waals surface area (Å²) in [5.41, 5.74) is 2.36. The zero-order valence-corrected chi connectivity index (χ0v) is 16.9. The molecule has 0 amide bonds. The SMILES string of the molecule is CCCCCCSc1nc2c(c(=O)[nH]c(=O)n2C)n1Cc1ccc(C)cc1. The summed E-state index contributed by atoms with van der Waals surface area (Å²) in [7, 11) is 1.64. The van der Waals surface area contributed by atoms with Crippen molar-refractivity contribution in [2.24, 2.45) is 7.05 Å². The quantitative estimate of drug-likeness (QED) is 0.475. The van der Waals surface area contributed by atoms with Gasteiger partial charge in [-0.2, -0.15) is 0 Å². The summed E-state index contributed by atoms with van der Waals surface area (Å²) in [5.74, 6) is 0.947. The Morgan fingerprint density at radius 2 is 1.85 bits per heavy atom. The third-order valence-electron chi connectivity index (χ3n) is 4.66. The fraction of sp³-hybridized carbons (Fsp3) is 0.450. The smallest absolute Gasteiger partial charge is 0.309 e. The van der Waals surface area contributed by atoms with Gasteiger partial charge >= 0.3 is 5.69 Å². The van der Waals surface area contributed by atoms with Gasteiger partial charge < -0.3 is 4.57 Å². The van der Waals surface area contributed by atoms with Crippen LogP contribution in [-0.2, 0) is 13.6 Å². The molecule has 144 valence electrons. The van der Waals surface area contributed by atoms with Crippen molar-refractivity contribution >= 4 is 22.9 Å². The zero-order chi connectivity index (χ0) is 19.4. The van der Waals surface area contributed by atoms with E-state index in [1.807, 2.05) is 4.57 Å². The van der Waals surface area contributed by atoms with Crippen LogP contribution in [0.4, 0.5) is 0 Å². The molecule has 2 heterocycles. The molecular weight excluding hydrogens is 360 g/mol. The Bertz CT molecular complexity index is 1030. The summed E-state index contributed by atoms with van der Waals surface area (Å²) in [5, 5.41) is 0.786. The van der Waals surface area contributed by atoms with Crippen molar-refractivity contribution in [1.29, 1.82) is 0 Å². The summed E-state index contributed by atoms with van der Waals surface area (Å²) in [6, 6.07) is 8.25. The van der Waals surface area contributed by atoms with Gasteiger partial charge in [-0.3, -0.25) is 14.3 Å². The standard InChI is InChI=1S/C20H26N4O2S/c1-4-5-6-7-12-27-20-21-17-16(18(25)22-19(26)23(17)3)24(20)13-15-10-8-14(2)9-11-15/h8-11H,4-7,12-13H2,1-3H3,(H,22,25,26). The van der Waals surface area contributed by atoms with Crippen LogP contribution >= 0.6 is 11.8 Å². The first-order chi connectivity index (χ1) is 13.0. The topological polar surface area (TPSA) is 72.7 Å². The summed E-state index contributed by atoms with van der Waals surface area (Å²) < 4.78 is 3.34. The Kier molecular flexibility index (Phi) is 6.21. The molecule has 2 aromatic heterocycles. The molecule has 0 aliphatic carbocycles. The number of fused-ring (bicyclic) bond motifs is 1. The third-order valence-corrected chi connectivity index (χ3v) is 5.73. The number of imidazole rings is 1. The highest BCUT2D eigenvalue weighted by atomic mass is 32.2. The minimum atomic E-state index is -0.438. The molecule has 0 spiro atoms. The maximum atomic E-state index is 12.5. The second kappa shape index (κ2) is 8.61. The molecule has 3 rings (SSSR count). The average Bonchev–Trinajstić information content (AvgIpc) is 3.00. The fourth-order valence-corrected chi connectivity index (χ4v) is 4.03. The molecule has 0 saturated carbocycles. The molecule has 0 fully saturated rings. The molecule has 6 nitrogen and oxygen atoms in total. The molecular formula is C20H26N4O2S. The van der Waals surface area contributed by atoms with E-state index in [1.54, 1.807) is 18.8 Å². The van der Waals surface area contributed by atoms with Crippen molar-refractivity contribution < 1.29 is 0 Å². The lowest BCUT2D eigenvalue weighted by Crippen LogP contribution is -2.29. The monoisotopic (exact) mass is 386 g/mol. The number of unbranched alkanes of at least 4 members (excludes halogenated alkanes) is 3. The lowest BCUT2D eigenvalue weighted by atomic mass is 10.1. The van der Waals surface area contributed by atoms with Gasteiger partial charge in [0.2, 0.25) is 0 Å². The summed E-state index contributed by atoms with van der Waals surface area (Å²) in [6.07, 6.45) is 4.74. The van der Waals surface area contributed by atoms with Crippen LogP contribution in [0.1, 0.15) is 43.7 Å². The molecule has 1 aromatic carbocycles. The van der Waals surface area contributed by atoms with Crippen LogP contribution in [0.25, 0.3) is 11.2 Å². The Labute approximate surface area is 162 Å². The van der Waals surface area contributed by atoms with Gasteiger partial charge in [0, 0.05) is 12.8 Å². The van der Waals surface area contributed by atoms with E-state index in [9.17, 15) is 9.59 Å². The van der Waals surface area contributed by atoms with Crippen LogP contribution in [0, 0.1) is 6.92 Å². The average molecular weight is 387 g/mol. The Hall–Kier alpha value is -2.28. The van der Waals surface area contributed by atoms with Gasteiger partial charge in [-0.1, -0.05) is 67.8 Å². The zero-order valence-electron chi connectivity index (χ0n) is 16.1. The summed E-state index contributed by atoms with van der Waals surface area (Å²) in [6.45, 7) is 4.80. The molecule has 7 heteroatoms. The fourth-order valence-electron chi connectivity index (χ4n) is 3.04. The molecule has 0 aliphatic heterocycles. The van der Waals surface area contributed by atoms with Gasteiger partial charge in [0.05, 0.1) is 6.54 Å². The summed E-state index contributed by atoms with van der Waals surface area (Å²) >= 11 is 1.65. The van der Waals surface area contributed by atoms with Gasteiger partial charge in [0.25, 0.3) is 5.56 Å². The number of rotatable bonds is 8. The lowest BCUT2D eigenvalue weighted by molar-refractivity contribution is 0.701. The van der Waals surface area contributed by atoms with E-state index in [0.29, 0.717) is 17.7 Å². The van der Waals surface area contributed by atoms with E-state index in [1.165, 1.54) is 29.4 Å². The van der Waals surface area contributed by atoms with Crippen molar-refractivity contribution in [1.82, 2.24) is 19.1 Å². The van der Waals surface area contributed by atoms with Gasteiger partial charge in [0.15, 0.2) is 16.3 Å². The van der Waals surface area contributed by atoms with Crippen molar-refractivity contribution in [2.45, 2.75) is 51.2 Å². The van der Waals surface area contributed by atoms with E-state index in [4.69, 9.17) is 0 Å². The second-order valence-electron chi connectivity index (χ2n) is 6.87. The maximum absolute atomic E-state index is 12.5. The number of hydrogen-bond acceptors (Lipinski definition) is 4. The van der Waals surface area contributed by atoms with Crippen LogP contribution in [-0.4, -0.2) is 24.9 Å². The highest BCUT2D eigenvalue weighted by Gasteiger charge is 2.17. The first kappa shape index (κ1) is 19.5. The highest BCUT2D eigenvalue weighted by molar-refractivity contribution is 7.99. The van der Waals surface area contributed by atoms with Crippen molar-refractivity contribution in [2.75, 3.05) is 5.75 Å². The molecule has 0 bridgehead atoms. The number of aromatic nitrogens is 4. The molecule has 27 heavy (non-hydrogen) atoms. The number of nitrogens with one attached hydrogen (secondary N) is 1. The van der Waals surface area contributed by atoms with Crippen LogP contribution in [0.2, 0.25) is 0 Å². The van der Waals surface area contributed by atoms with Gasteiger partial charge in [0.1, 0.15) is 0 Å². The Morgan fingerprint density at radius 1 is 1.11 bits per heavy atom. The van der Waals surface area contributed by atoms with Gasteiger partial charge in [-0.25, -0.2) is 9.78 Å². The molecule has 0 aliphatic rings. The minimum absolute atomic E-state index is 0.384. The van der Waals surface area contributed by atoms with E-state index >= 15 is 0 Å². The van der Waals surface area contributed by atoms with Crippen molar-refractivity contribution in [3.8, 4) is 0 Å². The molecule has 3 aromatic rings. The van der Waals surface area contributed by atoms with Crippen LogP contribution < -0.4 is 11.2 Å². The molecule has 0 saturated heterocycles. The van der Waals surface area contributed by atoms with E-state index in [2.05, 4.69) is 48.1 Å². The number of benzene rings is 1. The Morgan fingerprint density at radius 3 is 2.56 bits per heavy atom. The maximum Gasteiger partial charge on any atom is 0.329 e. The largest absolute Gasteiger partial charge is 0.329 e. The first-order valence-electron chi connectivity index (χ1n) is 9.39. The number of hydrogen-bond donors (Lipinski definition) is 1. The van der Waals surface area contributed by atoms with Crippen LogP contribution in [0.3, 0.4) is 0 Å². The lowest BCUT2D eigenvalue weighted by Gasteiger charge is -2.09. The van der Waals surface area contributed by atoms with Crippen LogP contribution in [0.15, 0.2) is 39.0 Å². The number of aryl methyl sites for hydroxylation is 2. The molecule has 0 unspecified atom stereocenters. The predicted octanol–water partition coefficient (Wildman–Crippen LogP) is 3.45. The van der Waals surface area contributed by atoms with Crippen molar-refractivity contribution in [3.05, 3.63) is 56.2 Å². The molecule has 1 N–H and O–H groups in total. The first-order valence-corrected chi connectivity index (χ1v) is 10.4. The molecule has 0 radical (unpaired) electrons. The van der Waals surface area contributed by atoms with Gasteiger partial charge in [-0.15, -0.1) is 0 Å². The number of nitrogens with zero attached hydrogens (tertiary/aromatic N) is 3. The number of aromatic amines is 1. The number of H-pyrrole nitrogens is 1. The predicted molar refractivity (Wildman–Crippen MR) is 111 cm³/mol.